The smallest absolute Gasteiger partial charge is 0.230 e. The highest BCUT2D eigenvalue weighted by Crippen LogP contribution is 2.08. The van der Waals surface area contributed by atoms with Crippen molar-refractivity contribution in [2.45, 2.75) is 25.9 Å². The minimum atomic E-state index is -0.573. The number of nitrogens with zero attached hydrogens (tertiary/aromatic N) is 2. The van der Waals surface area contributed by atoms with Gasteiger partial charge in [0.15, 0.2) is 5.84 Å². The van der Waals surface area contributed by atoms with Crippen LogP contribution < -0.4 is 11.1 Å². The van der Waals surface area contributed by atoms with Crippen LogP contribution in [-0.4, -0.2) is 61.2 Å². The number of nitrogens with one attached hydrogen (secondary N) is 1. The Morgan fingerprint density at radius 2 is 2.42 bits per heavy atom. The third-order valence-electron chi connectivity index (χ3n) is 3.21. The number of hydrogen-bond donors (Lipinski definition) is 3. The lowest BCUT2D eigenvalue weighted by Gasteiger charge is -2.30. The third-order valence-corrected chi connectivity index (χ3v) is 3.21. The lowest BCUT2D eigenvalue weighted by molar-refractivity contribution is -0.124. The number of nitrogens with two attached hydrogens (primary N) is 1. The van der Waals surface area contributed by atoms with E-state index >= 15 is 0 Å². The van der Waals surface area contributed by atoms with Crippen molar-refractivity contribution in [1.29, 1.82) is 0 Å². The van der Waals surface area contributed by atoms with Crippen molar-refractivity contribution >= 4 is 11.7 Å². The fourth-order valence-corrected chi connectivity index (χ4v) is 2.10. The lowest BCUT2D eigenvalue weighted by Crippen LogP contribution is -2.48. The zero-order chi connectivity index (χ0) is 14.3. The molecule has 2 unspecified atom stereocenters. The zero-order valence-electron chi connectivity index (χ0n) is 11.6. The molecule has 2 atom stereocenters. The van der Waals surface area contributed by atoms with Crippen LogP contribution in [-0.2, 0) is 9.53 Å². The second kappa shape index (κ2) is 7.96. The van der Waals surface area contributed by atoms with E-state index in [4.69, 9.17) is 15.7 Å². The molecule has 0 aromatic rings. The van der Waals surface area contributed by atoms with Gasteiger partial charge in [0.1, 0.15) is 0 Å². The van der Waals surface area contributed by atoms with Crippen LogP contribution in [0.1, 0.15) is 19.8 Å². The van der Waals surface area contributed by atoms with Crippen molar-refractivity contribution in [2.75, 3.05) is 33.3 Å². The molecule has 0 saturated carbocycles. The molecule has 1 aliphatic heterocycles. The SMILES string of the molecule is CCCC(C(=O)NCC1CN(C)CCO1)C(N)=NO. The van der Waals surface area contributed by atoms with Crippen LogP contribution in [0.3, 0.4) is 0 Å². The molecule has 0 radical (unpaired) electrons. The van der Waals surface area contributed by atoms with Crippen LogP contribution in [0.15, 0.2) is 5.16 Å². The minimum Gasteiger partial charge on any atom is -0.409 e. The third kappa shape index (κ3) is 5.04. The first-order chi connectivity index (χ1) is 9.08. The van der Waals surface area contributed by atoms with E-state index in [2.05, 4.69) is 15.4 Å². The number of morpholine rings is 1. The molecular weight excluding hydrogens is 248 g/mol. The number of likely N-dealkylation sites (N-methyl/N-ethyl adjacent to an activating group) is 1. The molecule has 1 amide bonds. The largest absolute Gasteiger partial charge is 0.409 e. The second-order valence-electron chi connectivity index (χ2n) is 4.87. The predicted molar refractivity (Wildman–Crippen MR) is 72.1 cm³/mol. The summed E-state index contributed by atoms with van der Waals surface area (Å²) in [4.78, 5) is 14.2. The summed E-state index contributed by atoms with van der Waals surface area (Å²) in [7, 11) is 2.02. The molecule has 1 heterocycles. The molecule has 0 aromatic carbocycles. The van der Waals surface area contributed by atoms with E-state index in [9.17, 15) is 4.79 Å². The van der Waals surface area contributed by atoms with Crippen LogP contribution in [0.4, 0.5) is 0 Å². The van der Waals surface area contributed by atoms with E-state index in [0.29, 0.717) is 19.6 Å². The molecule has 1 rings (SSSR count). The first-order valence-corrected chi connectivity index (χ1v) is 6.63. The average Bonchev–Trinajstić information content (AvgIpc) is 2.41. The van der Waals surface area contributed by atoms with Crippen molar-refractivity contribution in [3.63, 3.8) is 0 Å². The second-order valence-corrected chi connectivity index (χ2v) is 4.87. The quantitative estimate of drug-likeness (QED) is 0.264. The average molecular weight is 272 g/mol. The fraction of sp³-hybridized carbons (Fsp3) is 0.833. The van der Waals surface area contributed by atoms with Crippen molar-refractivity contribution < 1.29 is 14.7 Å². The van der Waals surface area contributed by atoms with Gasteiger partial charge < -0.3 is 25.9 Å². The van der Waals surface area contributed by atoms with Gasteiger partial charge in [-0.1, -0.05) is 18.5 Å². The summed E-state index contributed by atoms with van der Waals surface area (Å²) in [6, 6.07) is 0. The van der Waals surface area contributed by atoms with Gasteiger partial charge in [-0.2, -0.15) is 0 Å². The van der Waals surface area contributed by atoms with Crippen LogP contribution in [0.25, 0.3) is 0 Å². The van der Waals surface area contributed by atoms with E-state index < -0.39 is 5.92 Å². The monoisotopic (exact) mass is 272 g/mol. The normalized spacial score (nSPS) is 23.1. The molecule has 7 heteroatoms. The highest BCUT2D eigenvalue weighted by atomic mass is 16.5. The molecule has 19 heavy (non-hydrogen) atoms. The topological polar surface area (TPSA) is 100 Å². The van der Waals surface area contributed by atoms with Gasteiger partial charge in [0.2, 0.25) is 5.91 Å². The van der Waals surface area contributed by atoms with E-state index in [0.717, 1.165) is 19.5 Å². The molecule has 1 fully saturated rings. The maximum absolute atomic E-state index is 12.0. The molecule has 0 bridgehead atoms. The summed E-state index contributed by atoms with van der Waals surface area (Å²) >= 11 is 0. The number of oxime groups is 1. The first-order valence-electron chi connectivity index (χ1n) is 6.63. The van der Waals surface area contributed by atoms with E-state index in [1.165, 1.54) is 0 Å². The van der Waals surface area contributed by atoms with Crippen molar-refractivity contribution in [3.05, 3.63) is 0 Å². The van der Waals surface area contributed by atoms with Crippen molar-refractivity contribution in [1.82, 2.24) is 10.2 Å². The van der Waals surface area contributed by atoms with Crippen LogP contribution in [0.5, 0.6) is 0 Å². The Kier molecular flexibility index (Phi) is 6.58. The Morgan fingerprint density at radius 1 is 1.68 bits per heavy atom. The zero-order valence-corrected chi connectivity index (χ0v) is 11.6. The molecule has 110 valence electrons. The Labute approximate surface area is 113 Å². The predicted octanol–water partition coefficient (Wildman–Crippen LogP) is -0.404. The number of carbonyl (C=O) groups excluding carboxylic acids is 1. The molecule has 4 N–H and O–H groups in total. The molecule has 0 spiro atoms. The van der Waals surface area contributed by atoms with Gasteiger partial charge in [0, 0.05) is 19.6 Å². The number of rotatable bonds is 6. The molecule has 1 saturated heterocycles. The molecular formula is C12H24N4O3. The van der Waals surface area contributed by atoms with E-state index in [1.807, 2.05) is 14.0 Å². The van der Waals surface area contributed by atoms with Gasteiger partial charge in [-0.3, -0.25) is 4.79 Å². The van der Waals surface area contributed by atoms with Gasteiger partial charge in [0.25, 0.3) is 0 Å². The number of carbonyl (C=O) groups is 1. The highest BCUT2D eigenvalue weighted by Gasteiger charge is 2.24. The molecule has 0 aliphatic carbocycles. The van der Waals surface area contributed by atoms with Crippen LogP contribution in [0.2, 0.25) is 0 Å². The lowest BCUT2D eigenvalue weighted by atomic mass is 10.0. The standard InChI is InChI=1S/C12H24N4O3/c1-3-4-10(11(13)15-18)12(17)14-7-9-8-16(2)5-6-19-9/h9-10,18H,3-8H2,1-2H3,(H2,13,15)(H,14,17). The summed E-state index contributed by atoms with van der Waals surface area (Å²) in [5.74, 6) is -0.827. The van der Waals surface area contributed by atoms with Crippen LogP contribution in [0, 0.1) is 5.92 Å². The van der Waals surface area contributed by atoms with E-state index in [-0.39, 0.29) is 17.8 Å². The Morgan fingerprint density at radius 3 is 3.00 bits per heavy atom. The Hall–Kier alpha value is -1.34. The fourth-order valence-electron chi connectivity index (χ4n) is 2.10. The summed E-state index contributed by atoms with van der Waals surface area (Å²) in [6.45, 7) is 4.78. The Bertz CT molecular complexity index is 322. The summed E-state index contributed by atoms with van der Waals surface area (Å²) in [5.41, 5.74) is 5.53. The summed E-state index contributed by atoms with van der Waals surface area (Å²) < 4.78 is 5.56. The summed E-state index contributed by atoms with van der Waals surface area (Å²) in [5, 5.41) is 14.4. The molecule has 7 nitrogen and oxygen atoms in total. The van der Waals surface area contributed by atoms with Crippen molar-refractivity contribution in [3.8, 4) is 0 Å². The first kappa shape index (κ1) is 15.7. The van der Waals surface area contributed by atoms with Crippen molar-refractivity contribution in [2.24, 2.45) is 16.8 Å². The highest BCUT2D eigenvalue weighted by molar-refractivity contribution is 6.02. The maximum Gasteiger partial charge on any atom is 0.230 e. The molecule has 1 aliphatic rings. The van der Waals surface area contributed by atoms with Gasteiger partial charge in [-0.05, 0) is 13.5 Å². The summed E-state index contributed by atoms with van der Waals surface area (Å²) in [6.07, 6.45) is 1.35. The van der Waals surface area contributed by atoms with Gasteiger partial charge in [-0.25, -0.2) is 0 Å². The number of amidine groups is 1. The molecule has 0 aromatic heterocycles. The number of ether oxygens (including phenoxy) is 1. The number of amides is 1. The van der Waals surface area contributed by atoms with Crippen LogP contribution >= 0.6 is 0 Å². The van der Waals surface area contributed by atoms with Gasteiger partial charge >= 0.3 is 0 Å². The van der Waals surface area contributed by atoms with E-state index in [1.54, 1.807) is 0 Å². The minimum absolute atomic E-state index is 0.00253. The number of hydrogen-bond acceptors (Lipinski definition) is 5. The Balaban J connectivity index is 2.43. The van der Waals surface area contributed by atoms with Gasteiger partial charge in [0.05, 0.1) is 18.6 Å². The maximum atomic E-state index is 12.0. The van der Waals surface area contributed by atoms with Gasteiger partial charge in [-0.15, -0.1) is 0 Å².